The lowest BCUT2D eigenvalue weighted by Crippen LogP contribution is -2.29. The summed E-state index contributed by atoms with van der Waals surface area (Å²) in [7, 11) is 0. The minimum Gasteiger partial charge on any atom is -0.310 e. The van der Waals surface area contributed by atoms with Gasteiger partial charge in [-0.1, -0.05) is 36.4 Å². The van der Waals surface area contributed by atoms with E-state index in [1.807, 2.05) is 34.9 Å². The number of rotatable bonds is 6. The fourth-order valence-corrected chi connectivity index (χ4v) is 3.63. The van der Waals surface area contributed by atoms with Gasteiger partial charge < -0.3 is 9.88 Å². The van der Waals surface area contributed by atoms with Gasteiger partial charge in [-0.25, -0.2) is 4.98 Å². The second-order valence-corrected chi connectivity index (χ2v) is 7.24. The number of thiazole rings is 1. The van der Waals surface area contributed by atoms with Gasteiger partial charge in [-0.15, -0.1) is 23.0 Å². The van der Waals surface area contributed by atoms with E-state index in [2.05, 4.69) is 27.0 Å². The number of aromatic nitrogens is 5. The molecule has 0 aliphatic rings. The first-order valence-electron chi connectivity index (χ1n) is 8.93. The summed E-state index contributed by atoms with van der Waals surface area (Å²) in [6.45, 7) is 6.02. The third-order valence-electron chi connectivity index (χ3n) is 4.48. The van der Waals surface area contributed by atoms with Gasteiger partial charge in [0, 0.05) is 34.9 Å². The van der Waals surface area contributed by atoms with Crippen molar-refractivity contribution in [1.29, 1.82) is 0 Å². The average molecular weight is 406 g/mol. The zero-order valence-corrected chi connectivity index (χ0v) is 16.5. The van der Waals surface area contributed by atoms with Crippen molar-refractivity contribution in [2.24, 2.45) is 0 Å². The Kier molecular flexibility index (Phi) is 5.05. The van der Waals surface area contributed by atoms with Crippen molar-refractivity contribution in [3.05, 3.63) is 76.2 Å². The summed E-state index contributed by atoms with van der Waals surface area (Å²) in [4.78, 5) is 34.2. The van der Waals surface area contributed by atoms with E-state index in [1.54, 1.807) is 24.6 Å². The van der Waals surface area contributed by atoms with E-state index < -0.39 is 0 Å². The normalized spacial score (nSPS) is 10.9. The van der Waals surface area contributed by atoms with Gasteiger partial charge in [-0.05, 0) is 6.92 Å². The number of allylic oxidation sites excluding steroid dienone is 1. The lowest BCUT2D eigenvalue weighted by molar-refractivity contribution is -0.115. The SMILES string of the molecule is C=CCn1c(C)c(CC(=O)Nc2nccs2)c(=O)n2nc(-c3ccccc3)nc12. The van der Waals surface area contributed by atoms with E-state index in [4.69, 9.17) is 0 Å². The van der Waals surface area contributed by atoms with Crippen LogP contribution in [0, 0.1) is 6.92 Å². The van der Waals surface area contributed by atoms with Crippen LogP contribution in [0.4, 0.5) is 5.13 Å². The van der Waals surface area contributed by atoms with Crippen LogP contribution < -0.4 is 10.9 Å². The molecule has 29 heavy (non-hydrogen) atoms. The first-order chi connectivity index (χ1) is 14.1. The molecule has 1 aromatic carbocycles. The molecular formula is C20H18N6O2S. The quantitative estimate of drug-likeness (QED) is 0.497. The maximum atomic E-state index is 13.1. The summed E-state index contributed by atoms with van der Waals surface area (Å²) in [6.07, 6.45) is 3.24. The molecule has 0 aliphatic carbocycles. The van der Waals surface area contributed by atoms with E-state index in [0.29, 0.717) is 34.5 Å². The molecule has 8 nitrogen and oxygen atoms in total. The number of fused-ring (bicyclic) bond motifs is 1. The molecule has 0 saturated heterocycles. The van der Waals surface area contributed by atoms with Crippen molar-refractivity contribution in [2.75, 3.05) is 5.32 Å². The molecule has 0 radical (unpaired) electrons. The maximum Gasteiger partial charge on any atom is 0.279 e. The Morgan fingerprint density at radius 3 is 2.79 bits per heavy atom. The summed E-state index contributed by atoms with van der Waals surface area (Å²) in [5, 5.41) is 9.38. The number of anilines is 1. The number of nitrogens with zero attached hydrogens (tertiary/aromatic N) is 5. The number of benzene rings is 1. The smallest absolute Gasteiger partial charge is 0.279 e. The number of carbonyl (C=O) groups excluding carboxylic acids is 1. The standard InChI is InChI=1S/C20H18N6O2S/c1-3-10-25-13(2)15(12-16(27)22-19-21-9-11-29-19)18(28)26-20(25)23-17(24-26)14-7-5-4-6-8-14/h3-9,11H,1,10,12H2,2H3,(H,21,22,27). The van der Waals surface area contributed by atoms with Gasteiger partial charge in [-0.2, -0.15) is 9.50 Å². The summed E-state index contributed by atoms with van der Waals surface area (Å²) in [5.41, 5.74) is 1.46. The summed E-state index contributed by atoms with van der Waals surface area (Å²) >= 11 is 1.32. The molecule has 0 bridgehead atoms. The molecule has 4 aromatic rings. The lowest BCUT2D eigenvalue weighted by atomic mass is 10.1. The Hall–Kier alpha value is -3.59. The number of hydrogen-bond donors (Lipinski definition) is 1. The van der Waals surface area contributed by atoms with Gasteiger partial charge in [0.1, 0.15) is 0 Å². The lowest BCUT2D eigenvalue weighted by Gasteiger charge is -2.13. The summed E-state index contributed by atoms with van der Waals surface area (Å²) in [5.74, 6) is 0.549. The van der Waals surface area contributed by atoms with Crippen LogP contribution >= 0.6 is 11.3 Å². The highest BCUT2D eigenvalue weighted by atomic mass is 32.1. The summed E-state index contributed by atoms with van der Waals surface area (Å²) in [6, 6.07) is 9.44. The molecule has 3 aromatic heterocycles. The van der Waals surface area contributed by atoms with E-state index >= 15 is 0 Å². The van der Waals surface area contributed by atoms with Crippen molar-refractivity contribution in [2.45, 2.75) is 19.9 Å². The molecule has 1 amide bonds. The Morgan fingerprint density at radius 1 is 1.31 bits per heavy atom. The highest BCUT2D eigenvalue weighted by molar-refractivity contribution is 7.13. The fraction of sp³-hybridized carbons (Fsp3) is 0.150. The highest BCUT2D eigenvalue weighted by Crippen LogP contribution is 2.17. The van der Waals surface area contributed by atoms with Crippen LogP contribution in [-0.4, -0.2) is 30.1 Å². The van der Waals surface area contributed by atoms with Crippen LogP contribution in [0.15, 0.2) is 59.4 Å². The molecule has 0 atom stereocenters. The molecule has 0 spiro atoms. The van der Waals surface area contributed by atoms with Crippen molar-refractivity contribution in [3.63, 3.8) is 0 Å². The van der Waals surface area contributed by atoms with Gasteiger partial charge in [0.25, 0.3) is 5.56 Å². The largest absolute Gasteiger partial charge is 0.310 e. The van der Waals surface area contributed by atoms with E-state index in [1.165, 1.54) is 15.9 Å². The topological polar surface area (TPSA) is 94.2 Å². The molecule has 0 aliphatic heterocycles. The maximum absolute atomic E-state index is 13.1. The fourth-order valence-electron chi connectivity index (χ4n) is 3.08. The number of hydrogen-bond acceptors (Lipinski definition) is 6. The Balaban J connectivity index is 1.81. The van der Waals surface area contributed by atoms with Crippen molar-refractivity contribution < 1.29 is 4.79 Å². The molecule has 3 heterocycles. The Bertz CT molecular complexity index is 1240. The zero-order valence-electron chi connectivity index (χ0n) is 15.7. The van der Waals surface area contributed by atoms with Crippen LogP contribution in [0.2, 0.25) is 0 Å². The van der Waals surface area contributed by atoms with Gasteiger partial charge in [0.2, 0.25) is 11.7 Å². The Morgan fingerprint density at radius 2 is 2.10 bits per heavy atom. The molecule has 0 fully saturated rings. The average Bonchev–Trinajstić information content (AvgIpc) is 3.39. The number of amides is 1. The monoisotopic (exact) mass is 406 g/mol. The Labute approximate surface area is 170 Å². The second kappa shape index (κ2) is 7.80. The zero-order chi connectivity index (χ0) is 20.4. The minimum atomic E-state index is -0.359. The van der Waals surface area contributed by atoms with Gasteiger partial charge >= 0.3 is 0 Å². The molecule has 4 rings (SSSR count). The van der Waals surface area contributed by atoms with Crippen LogP contribution in [-0.2, 0) is 17.8 Å². The van der Waals surface area contributed by atoms with Crippen LogP contribution in [0.3, 0.4) is 0 Å². The van der Waals surface area contributed by atoms with E-state index in [-0.39, 0.29) is 17.9 Å². The minimum absolute atomic E-state index is 0.0855. The first-order valence-corrected chi connectivity index (χ1v) is 9.81. The molecule has 0 unspecified atom stereocenters. The van der Waals surface area contributed by atoms with Crippen molar-refractivity contribution in [1.82, 2.24) is 24.1 Å². The van der Waals surface area contributed by atoms with Crippen LogP contribution in [0.25, 0.3) is 17.2 Å². The third kappa shape index (κ3) is 3.59. The second-order valence-electron chi connectivity index (χ2n) is 6.34. The molecule has 0 saturated carbocycles. The van der Waals surface area contributed by atoms with Gasteiger partial charge in [0.05, 0.1) is 6.42 Å². The third-order valence-corrected chi connectivity index (χ3v) is 5.17. The van der Waals surface area contributed by atoms with Gasteiger partial charge in [-0.3, -0.25) is 9.59 Å². The molecule has 1 N–H and O–H groups in total. The molecule has 146 valence electrons. The van der Waals surface area contributed by atoms with Crippen molar-refractivity contribution in [3.8, 4) is 11.4 Å². The molecular weight excluding hydrogens is 388 g/mol. The predicted octanol–water partition coefficient (Wildman–Crippen LogP) is 2.69. The molecule has 9 heteroatoms. The van der Waals surface area contributed by atoms with E-state index in [0.717, 1.165) is 5.56 Å². The first kappa shape index (κ1) is 18.8. The highest BCUT2D eigenvalue weighted by Gasteiger charge is 2.20. The van der Waals surface area contributed by atoms with Crippen molar-refractivity contribution >= 4 is 28.2 Å². The summed E-state index contributed by atoms with van der Waals surface area (Å²) < 4.78 is 3.09. The van der Waals surface area contributed by atoms with Gasteiger partial charge in [0.15, 0.2) is 11.0 Å². The van der Waals surface area contributed by atoms with Crippen LogP contribution in [0.5, 0.6) is 0 Å². The van der Waals surface area contributed by atoms with Crippen LogP contribution in [0.1, 0.15) is 11.3 Å². The number of carbonyl (C=O) groups is 1. The van der Waals surface area contributed by atoms with E-state index in [9.17, 15) is 9.59 Å². The predicted molar refractivity (Wildman–Crippen MR) is 112 cm³/mol. The number of nitrogens with one attached hydrogen (secondary N) is 1.